The Morgan fingerprint density at radius 3 is 2.71 bits per heavy atom. The number of benzene rings is 1. The highest BCUT2D eigenvalue weighted by Gasteiger charge is 2.16. The van der Waals surface area contributed by atoms with Gasteiger partial charge in [0, 0.05) is 6.42 Å². The van der Waals surface area contributed by atoms with Gasteiger partial charge in [-0.2, -0.15) is 0 Å². The maximum atomic E-state index is 13.5. The molecule has 14 heavy (non-hydrogen) atoms. The summed E-state index contributed by atoms with van der Waals surface area (Å²) < 4.78 is 18.3. The number of hydrogen-bond acceptors (Lipinski definition) is 2. The van der Waals surface area contributed by atoms with Gasteiger partial charge in [-0.3, -0.25) is 4.79 Å². The first kappa shape index (κ1) is 11.0. The first-order chi connectivity index (χ1) is 6.61. The van der Waals surface area contributed by atoms with Gasteiger partial charge in [0.1, 0.15) is 10.8 Å². The van der Waals surface area contributed by atoms with E-state index in [1.165, 1.54) is 19.2 Å². The number of methoxy groups -OCH3 is 1. The number of ketones is 1. The molecule has 0 fully saturated rings. The number of ether oxygens (including phenoxy) is 1. The van der Waals surface area contributed by atoms with Crippen LogP contribution in [0.15, 0.2) is 12.1 Å². The minimum absolute atomic E-state index is 0.0123. The van der Waals surface area contributed by atoms with E-state index in [0.29, 0.717) is 0 Å². The molecule has 0 amide bonds. The van der Waals surface area contributed by atoms with E-state index in [9.17, 15) is 9.18 Å². The van der Waals surface area contributed by atoms with E-state index in [4.69, 9.17) is 16.3 Å². The molecule has 0 aliphatic heterocycles. The van der Waals surface area contributed by atoms with E-state index >= 15 is 0 Å². The predicted octanol–water partition coefficient (Wildman–Crippen LogP) is 3.08. The van der Waals surface area contributed by atoms with E-state index < -0.39 is 5.82 Å². The fraction of sp³-hybridized carbons (Fsp3) is 0.300. The fourth-order valence-electron chi connectivity index (χ4n) is 1.10. The van der Waals surface area contributed by atoms with Gasteiger partial charge in [0.05, 0.1) is 12.7 Å². The number of rotatable bonds is 3. The van der Waals surface area contributed by atoms with Gasteiger partial charge in [-0.25, -0.2) is 4.39 Å². The average Bonchev–Trinajstić information content (AvgIpc) is 2.21. The largest absolute Gasteiger partial charge is 0.495 e. The lowest BCUT2D eigenvalue weighted by molar-refractivity contribution is 0.0984. The lowest BCUT2D eigenvalue weighted by atomic mass is 10.1. The second kappa shape index (κ2) is 4.42. The molecule has 0 N–H and O–H groups in total. The molecule has 0 unspecified atom stereocenters. The monoisotopic (exact) mass is 216 g/mol. The van der Waals surface area contributed by atoms with E-state index in [-0.39, 0.29) is 28.5 Å². The summed E-state index contributed by atoms with van der Waals surface area (Å²) in [6.07, 6.45) is 0.250. The minimum Gasteiger partial charge on any atom is -0.495 e. The van der Waals surface area contributed by atoms with Crippen molar-refractivity contribution in [2.24, 2.45) is 0 Å². The molecule has 0 radical (unpaired) electrons. The number of halogens is 2. The zero-order valence-electron chi connectivity index (χ0n) is 7.93. The Labute approximate surface area is 86.6 Å². The van der Waals surface area contributed by atoms with E-state index in [1.807, 2.05) is 0 Å². The zero-order valence-corrected chi connectivity index (χ0v) is 8.69. The summed E-state index contributed by atoms with van der Waals surface area (Å²) in [5, 5.41) is -0.146. The van der Waals surface area contributed by atoms with Gasteiger partial charge in [0.2, 0.25) is 0 Å². The van der Waals surface area contributed by atoms with Gasteiger partial charge in [-0.15, -0.1) is 0 Å². The smallest absolute Gasteiger partial charge is 0.165 e. The van der Waals surface area contributed by atoms with Crippen LogP contribution in [0, 0.1) is 5.82 Å². The highest BCUT2D eigenvalue weighted by Crippen LogP contribution is 2.29. The highest BCUT2D eigenvalue weighted by atomic mass is 35.5. The third-order valence-corrected chi connectivity index (χ3v) is 2.24. The fourth-order valence-corrected chi connectivity index (χ4v) is 1.34. The second-order valence-electron chi connectivity index (χ2n) is 2.72. The maximum Gasteiger partial charge on any atom is 0.165 e. The van der Waals surface area contributed by atoms with Crippen molar-refractivity contribution in [2.45, 2.75) is 13.3 Å². The Kier molecular flexibility index (Phi) is 3.47. The molecule has 0 spiro atoms. The molecule has 0 atom stereocenters. The van der Waals surface area contributed by atoms with Crippen molar-refractivity contribution < 1.29 is 13.9 Å². The summed E-state index contributed by atoms with van der Waals surface area (Å²) in [5.74, 6) is -0.748. The van der Waals surface area contributed by atoms with Crippen molar-refractivity contribution in [3.63, 3.8) is 0 Å². The third kappa shape index (κ3) is 1.87. The van der Waals surface area contributed by atoms with Crippen LogP contribution in [0.3, 0.4) is 0 Å². The average molecular weight is 217 g/mol. The summed E-state index contributed by atoms with van der Waals surface area (Å²) in [7, 11) is 1.39. The van der Waals surface area contributed by atoms with Gasteiger partial charge < -0.3 is 4.74 Å². The highest BCUT2D eigenvalue weighted by molar-refractivity contribution is 6.32. The number of carbonyl (C=O) groups excluding carboxylic acids is 1. The van der Waals surface area contributed by atoms with Crippen molar-refractivity contribution in [3.05, 3.63) is 28.5 Å². The minimum atomic E-state index is -0.710. The molecule has 76 valence electrons. The molecule has 0 bridgehead atoms. The van der Waals surface area contributed by atoms with Crippen molar-refractivity contribution >= 4 is 17.4 Å². The van der Waals surface area contributed by atoms with Crippen LogP contribution in [0.2, 0.25) is 5.02 Å². The third-order valence-electron chi connectivity index (χ3n) is 1.89. The lowest BCUT2D eigenvalue weighted by Gasteiger charge is -2.06. The molecule has 0 saturated carbocycles. The lowest BCUT2D eigenvalue weighted by Crippen LogP contribution is -2.01. The van der Waals surface area contributed by atoms with E-state index in [0.717, 1.165) is 0 Å². The normalized spacial score (nSPS) is 10.0. The Balaban J connectivity index is 3.24. The van der Waals surface area contributed by atoms with Crippen LogP contribution in [-0.2, 0) is 0 Å². The van der Waals surface area contributed by atoms with E-state index in [1.54, 1.807) is 6.92 Å². The Morgan fingerprint density at radius 1 is 1.57 bits per heavy atom. The Hall–Kier alpha value is -1.09. The molecule has 1 aromatic rings. The maximum absolute atomic E-state index is 13.5. The molecular formula is C10H10ClFO2. The molecule has 2 nitrogen and oxygen atoms in total. The van der Waals surface area contributed by atoms with Crippen LogP contribution < -0.4 is 4.74 Å². The molecule has 0 aromatic heterocycles. The standard InChI is InChI=1S/C10H10ClFO2/c1-3-7(13)6-4-5-8(14-2)9(11)10(6)12/h4-5H,3H2,1-2H3. The van der Waals surface area contributed by atoms with Crippen LogP contribution >= 0.6 is 11.6 Å². The van der Waals surface area contributed by atoms with Crippen molar-refractivity contribution in [1.29, 1.82) is 0 Å². The van der Waals surface area contributed by atoms with E-state index in [2.05, 4.69) is 0 Å². The van der Waals surface area contributed by atoms with Crippen molar-refractivity contribution in [2.75, 3.05) is 7.11 Å². The summed E-state index contributed by atoms with van der Waals surface area (Å²) in [6, 6.07) is 2.86. The molecule has 4 heteroatoms. The molecule has 0 aliphatic carbocycles. The number of carbonyl (C=O) groups is 1. The van der Waals surface area contributed by atoms with Crippen LogP contribution in [0.25, 0.3) is 0 Å². The second-order valence-corrected chi connectivity index (χ2v) is 3.10. The molecule has 0 saturated heterocycles. The topological polar surface area (TPSA) is 26.3 Å². The Morgan fingerprint density at radius 2 is 2.21 bits per heavy atom. The van der Waals surface area contributed by atoms with Gasteiger partial charge in [0.25, 0.3) is 0 Å². The molecule has 0 aliphatic rings. The molecule has 1 aromatic carbocycles. The summed E-state index contributed by atoms with van der Waals surface area (Å²) in [6.45, 7) is 1.67. The summed E-state index contributed by atoms with van der Waals surface area (Å²) in [5.41, 5.74) is 0.0123. The molecule has 1 rings (SSSR count). The van der Waals surface area contributed by atoms with Gasteiger partial charge in [-0.1, -0.05) is 18.5 Å². The predicted molar refractivity (Wildman–Crippen MR) is 52.6 cm³/mol. The van der Waals surface area contributed by atoms with Crippen LogP contribution in [-0.4, -0.2) is 12.9 Å². The summed E-state index contributed by atoms with van der Waals surface area (Å²) >= 11 is 5.65. The number of hydrogen-bond donors (Lipinski definition) is 0. The zero-order chi connectivity index (χ0) is 10.7. The first-order valence-electron chi connectivity index (χ1n) is 4.17. The van der Waals surface area contributed by atoms with Crippen LogP contribution in [0.5, 0.6) is 5.75 Å². The molecule has 0 heterocycles. The van der Waals surface area contributed by atoms with Crippen LogP contribution in [0.4, 0.5) is 4.39 Å². The van der Waals surface area contributed by atoms with Gasteiger partial charge >= 0.3 is 0 Å². The van der Waals surface area contributed by atoms with Gasteiger partial charge in [-0.05, 0) is 12.1 Å². The van der Waals surface area contributed by atoms with Crippen molar-refractivity contribution in [1.82, 2.24) is 0 Å². The quantitative estimate of drug-likeness (QED) is 0.726. The Bertz CT molecular complexity index is 363. The van der Waals surface area contributed by atoms with Crippen LogP contribution in [0.1, 0.15) is 23.7 Å². The first-order valence-corrected chi connectivity index (χ1v) is 4.54. The van der Waals surface area contributed by atoms with Crippen molar-refractivity contribution in [3.8, 4) is 5.75 Å². The van der Waals surface area contributed by atoms with Gasteiger partial charge in [0.15, 0.2) is 11.6 Å². The number of Topliss-reactive ketones (excluding diaryl/α,β-unsaturated/α-hetero) is 1. The SMILES string of the molecule is CCC(=O)c1ccc(OC)c(Cl)c1F. The molecular weight excluding hydrogens is 207 g/mol. The summed E-state index contributed by atoms with van der Waals surface area (Å²) in [4.78, 5) is 11.2.